The van der Waals surface area contributed by atoms with Crippen LogP contribution in [0, 0.1) is 0 Å². The number of allylic oxidation sites excluding steroid dienone is 1. The highest BCUT2D eigenvalue weighted by molar-refractivity contribution is 14.1. The van der Waals surface area contributed by atoms with Gasteiger partial charge in [0.25, 0.3) is 0 Å². The van der Waals surface area contributed by atoms with Crippen LogP contribution in [0.3, 0.4) is 0 Å². The number of hydrogen-bond donors (Lipinski definition) is 1. The highest BCUT2D eigenvalue weighted by Crippen LogP contribution is 2.37. The zero-order valence-electron chi connectivity index (χ0n) is 10.2. The van der Waals surface area contributed by atoms with Gasteiger partial charge in [0.05, 0.1) is 7.11 Å². The van der Waals surface area contributed by atoms with Crippen molar-refractivity contribution in [1.82, 2.24) is 5.32 Å². The van der Waals surface area contributed by atoms with E-state index in [2.05, 4.69) is 34.8 Å². The van der Waals surface area contributed by atoms with Gasteiger partial charge in [0.2, 0.25) is 5.72 Å². The summed E-state index contributed by atoms with van der Waals surface area (Å²) in [5.74, 6) is 1.85. The lowest BCUT2D eigenvalue weighted by molar-refractivity contribution is 0.0182. The molecular weight excluding hydrogens is 329 g/mol. The number of methoxy groups -OCH3 is 1. The predicted octanol–water partition coefficient (Wildman–Crippen LogP) is 3.50. The van der Waals surface area contributed by atoms with Gasteiger partial charge in [-0.25, -0.2) is 0 Å². The summed E-state index contributed by atoms with van der Waals surface area (Å²) in [6.07, 6.45) is 0.894. The second-order valence-electron chi connectivity index (χ2n) is 4.08. The third kappa shape index (κ3) is 2.36. The Kier molecular flexibility index (Phi) is 3.51. The summed E-state index contributed by atoms with van der Waals surface area (Å²) in [4.78, 5) is 0. The van der Waals surface area contributed by atoms with Gasteiger partial charge in [0, 0.05) is 12.0 Å². The van der Waals surface area contributed by atoms with Gasteiger partial charge in [-0.05, 0) is 41.6 Å². The van der Waals surface area contributed by atoms with Crippen LogP contribution in [-0.4, -0.2) is 7.11 Å². The molecule has 1 N–H and O–H groups in total. The molecule has 0 saturated carbocycles. The highest BCUT2D eigenvalue weighted by atomic mass is 127. The smallest absolute Gasteiger partial charge is 0.204 e. The van der Waals surface area contributed by atoms with Crippen LogP contribution in [0.25, 0.3) is 0 Å². The average Bonchev–Trinajstić information content (AvgIpc) is 2.65. The minimum absolute atomic E-state index is 0.490. The van der Waals surface area contributed by atoms with E-state index in [1.165, 1.54) is 0 Å². The molecular formula is C13H16INO2. The molecule has 0 amide bonds. The van der Waals surface area contributed by atoms with Crippen LogP contribution < -0.4 is 10.1 Å². The van der Waals surface area contributed by atoms with Gasteiger partial charge in [-0.1, -0.05) is 19.1 Å². The predicted molar refractivity (Wildman–Crippen MR) is 75.9 cm³/mol. The fraction of sp³-hybridized carbons (Fsp3) is 0.385. The van der Waals surface area contributed by atoms with Crippen LogP contribution in [0.5, 0.6) is 5.75 Å². The minimum atomic E-state index is -0.490. The maximum absolute atomic E-state index is 6.00. The molecule has 0 fully saturated rings. The Morgan fingerprint density at radius 3 is 2.82 bits per heavy atom. The standard InChI is InChI=1S/C13H16INO2/c1-4-11-12(14)15-13(2,17-11)9-6-5-7-10(8-9)16-3/h5-8,15H,4H2,1-3H3. The molecule has 1 aromatic carbocycles. The lowest BCUT2D eigenvalue weighted by atomic mass is 10.0. The van der Waals surface area contributed by atoms with Gasteiger partial charge >= 0.3 is 0 Å². The van der Waals surface area contributed by atoms with E-state index in [-0.39, 0.29) is 0 Å². The monoisotopic (exact) mass is 345 g/mol. The molecule has 1 aliphatic rings. The third-order valence-corrected chi connectivity index (χ3v) is 3.73. The Morgan fingerprint density at radius 1 is 1.47 bits per heavy atom. The second kappa shape index (κ2) is 4.76. The summed E-state index contributed by atoms with van der Waals surface area (Å²) in [6.45, 7) is 4.12. The van der Waals surface area contributed by atoms with Crippen molar-refractivity contribution in [3.63, 3.8) is 0 Å². The normalized spacial score (nSPS) is 23.3. The first-order chi connectivity index (χ1) is 8.09. The summed E-state index contributed by atoms with van der Waals surface area (Å²) < 4.78 is 12.3. The molecule has 3 nitrogen and oxygen atoms in total. The summed E-state index contributed by atoms with van der Waals surface area (Å²) in [6, 6.07) is 7.94. The Bertz CT molecular complexity index is 458. The Morgan fingerprint density at radius 2 is 2.24 bits per heavy atom. The quantitative estimate of drug-likeness (QED) is 0.672. The van der Waals surface area contributed by atoms with Crippen LogP contribution in [0.15, 0.2) is 33.7 Å². The number of ether oxygens (including phenoxy) is 2. The van der Waals surface area contributed by atoms with E-state index >= 15 is 0 Å². The van der Waals surface area contributed by atoms with E-state index in [0.717, 1.165) is 27.2 Å². The van der Waals surface area contributed by atoms with E-state index in [0.29, 0.717) is 0 Å². The van der Waals surface area contributed by atoms with Crippen molar-refractivity contribution in [2.75, 3.05) is 7.11 Å². The van der Waals surface area contributed by atoms with Crippen LogP contribution in [0.2, 0.25) is 0 Å². The SMILES string of the molecule is CCC1=C(I)NC(C)(c2cccc(OC)c2)O1. The molecule has 0 radical (unpaired) electrons. The Balaban J connectivity index is 2.29. The van der Waals surface area contributed by atoms with Crippen LogP contribution in [-0.2, 0) is 10.5 Å². The number of halogens is 1. The maximum Gasteiger partial charge on any atom is 0.204 e. The molecule has 17 heavy (non-hydrogen) atoms. The van der Waals surface area contributed by atoms with Crippen molar-refractivity contribution in [2.45, 2.75) is 26.0 Å². The van der Waals surface area contributed by atoms with Gasteiger partial charge in [0.1, 0.15) is 15.2 Å². The summed E-state index contributed by atoms with van der Waals surface area (Å²) in [5, 5.41) is 3.39. The maximum atomic E-state index is 6.00. The van der Waals surface area contributed by atoms with E-state index in [1.54, 1.807) is 7.11 Å². The van der Waals surface area contributed by atoms with Crippen LogP contribution in [0.4, 0.5) is 0 Å². The van der Waals surface area contributed by atoms with Gasteiger partial charge < -0.3 is 14.8 Å². The summed E-state index contributed by atoms with van der Waals surface area (Å²) in [7, 11) is 1.67. The van der Waals surface area contributed by atoms with Crippen LogP contribution >= 0.6 is 22.6 Å². The molecule has 0 saturated heterocycles. The van der Waals surface area contributed by atoms with Crippen molar-refractivity contribution in [3.05, 3.63) is 39.3 Å². The highest BCUT2D eigenvalue weighted by Gasteiger charge is 2.36. The minimum Gasteiger partial charge on any atom is -0.497 e. The van der Waals surface area contributed by atoms with E-state index in [9.17, 15) is 0 Å². The molecule has 0 bridgehead atoms. The second-order valence-corrected chi connectivity index (χ2v) is 5.16. The molecule has 1 atom stereocenters. The molecule has 2 rings (SSSR count). The average molecular weight is 345 g/mol. The largest absolute Gasteiger partial charge is 0.497 e. The molecule has 1 aliphatic heterocycles. The number of nitrogens with one attached hydrogen (secondary N) is 1. The molecule has 1 unspecified atom stereocenters. The molecule has 92 valence electrons. The van der Waals surface area contributed by atoms with Crippen LogP contribution in [0.1, 0.15) is 25.8 Å². The molecule has 0 aliphatic carbocycles. The first-order valence-corrected chi connectivity index (χ1v) is 6.67. The zero-order chi connectivity index (χ0) is 12.5. The lowest BCUT2D eigenvalue weighted by Gasteiger charge is -2.26. The zero-order valence-corrected chi connectivity index (χ0v) is 12.4. The Labute approximate surface area is 115 Å². The number of rotatable bonds is 3. The molecule has 0 aromatic heterocycles. The first kappa shape index (κ1) is 12.5. The fourth-order valence-corrected chi connectivity index (χ4v) is 2.88. The van der Waals surface area contributed by atoms with E-state index in [4.69, 9.17) is 9.47 Å². The van der Waals surface area contributed by atoms with E-state index in [1.807, 2.05) is 31.2 Å². The topological polar surface area (TPSA) is 30.5 Å². The molecule has 4 heteroatoms. The van der Waals surface area contributed by atoms with Gasteiger partial charge in [-0.2, -0.15) is 0 Å². The van der Waals surface area contributed by atoms with Crippen molar-refractivity contribution in [3.8, 4) is 5.75 Å². The summed E-state index contributed by atoms with van der Waals surface area (Å²) >= 11 is 2.28. The van der Waals surface area contributed by atoms with Crippen molar-refractivity contribution in [1.29, 1.82) is 0 Å². The molecule has 1 heterocycles. The van der Waals surface area contributed by atoms with Crippen molar-refractivity contribution < 1.29 is 9.47 Å². The fourth-order valence-electron chi connectivity index (χ4n) is 1.87. The van der Waals surface area contributed by atoms with Gasteiger partial charge in [-0.3, -0.25) is 0 Å². The lowest BCUT2D eigenvalue weighted by Crippen LogP contribution is -2.34. The number of benzene rings is 1. The summed E-state index contributed by atoms with van der Waals surface area (Å²) in [5.41, 5.74) is 0.575. The third-order valence-electron chi connectivity index (χ3n) is 2.86. The molecule has 0 spiro atoms. The first-order valence-electron chi connectivity index (χ1n) is 5.59. The van der Waals surface area contributed by atoms with Crippen molar-refractivity contribution in [2.24, 2.45) is 0 Å². The van der Waals surface area contributed by atoms with E-state index < -0.39 is 5.72 Å². The van der Waals surface area contributed by atoms with Crippen molar-refractivity contribution >= 4 is 22.6 Å². The van der Waals surface area contributed by atoms with Gasteiger partial charge in [0.15, 0.2) is 0 Å². The molecule has 1 aromatic rings. The Hall–Kier alpha value is -0.910. The van der Waals surface area contributed by atoms with Gasteiger partial charge in [-0.15, -0.1) is 0 Å². The number of hydrogen-bond acceptors (Lipinski definition) is 3.